The Hall–Kier alpha value is -1.83. The molecular formula is C12H9NO. The molecule has 14 heavy (non-hydrogen) atoms. The van der Waals surface area contributed by atoms with Crippen LogP contribution >= 0.6 is 0 Å². The van der Waals surface area contributed by atoms with E-state index in [-0.39, 0.29) is 0 Å². The van der Waals surface area contributed by atoms with Crippen molar-refractivity contribution >= 4 is 17.0 Å². The average molecular weight is 183 g/mol. The fourth-order valence-electron chi connectivity index (χ4n) is 1.80. The van der Waals surface area contributed by atoms with E-state index in [0.717, 1.165) is 5.52 Å². The minimum Gasteiger partial charge on any atom is -0.496 e. The molecule has 0 unspecified atom stereocenters. The molecule has 0 bridgehead atoms. The first kappa shape index (κ1) is 7.56. The van der Waals surface area contributed by atoms with E-state index in [2.05, 4.69) is 17.1 Å². The van der Waals surface area contributed by atoms with E-state index < -0.39 is 0 Å². The fraction of sp³-hybridized carbons (Fsp3) is 0.0833. The Labute approximate surface area is 81.8 Å². The van der Waals surface area contributed by atoms with Gasteiger partial charge in [0.25, 0.3) is 0 Å². The number of aromatic nitrogens is 1. The van der Waals surface area contributed by atoms with Gasteiger partial charge in [-0.3, -0.25) is 4.98 Å². The third-order valence-corrected chi connectivity index (χ3v) is 2.50. The summed E-state index contributed by atoms with van der Waals surface area (Å²) in [6, 6.07) is 8.18. The predicted molar refractivity (Wildman–Crippen MR) is 55.6 cm³/mol. The molecule has 0 saturated carbocycles. The van der Waals surface area contributed by atoms with Gasteiger partial charge in [-0.05, 0) is 23.8 Å². The lowest BCUT2D eigenvalue weighted by molar-refractivity contribution is 0.236. The minimum absolute atomic E-state index is 0.648. The molecule has 0 saturated heterocycles. The second-order valence-electron chi connectivity index (χ2n) is 3.32. The predicted octanol–water partition coefficient (Wildman–Crippen LogP) is 2.74. The Morgan fingerprint density at radius 1 is 1.21 bits per heavy atom. The summed E-state index contributed by atoms with van der Waals surface area (Å²) in [5.41, 5.74) is 3.50. The molecule has 3 rings (SSSR count). The van der Waals surface area contributed by atoms with Gasteiger partial charge in [-0.25, -0.2) is 0 Å². The molecule has 0 radical (unpaired) electrons. The zero-order valence-electron chi connectivity index (χ0n) is 7.60. The van der Waals surface area contributed by atoms with E-state index in [0.29, 0.717) is 6.61 Å². The van der Waals surface area contributed by atoms with E-state index in [1.807, 2.05) is 24.4 Å². The topological polar surface area (TPSA) is 22.1 Å². The van der Waals surface area contributed by atoms with Crippen LogP contribution in [0.3, 0.4) is 0 Å². The molecule has 0 N–H and O–H groups in total. The largest absolute Gasteiger partial charge is 0.496 e. The minimum atomic E-state index is 0.648. The number of pyridine rings is 1. The van der Waals surface area contributed by atoms with Crippen molar-refractivity contribution in [3.8, 4) is 0 Å². The van der Waals surface area contributed by atoms with Crippen LogP contribution in [0.5, 0.6) is 0 Å². The Balaban J connectivity index is 2.41. The van der Waals surface area contributed by atoms with Crippen molar-refractivity contribution in [2.75, 3.05) is 0 Å². The van der Waals surface area contributed by atoms with E-state index in [1.54, 1.807) is 6.26 Å². The molecule has 2 heteroatoms. The van der Waals surface area contributed by atoms with Crippen LogP contribution in [0.2, 0.25) is 0 Å². The third-order valence-electron chi connectivity index (χ3n) is 2.50. The van der Waals surface area contributed by atoms with Gasteiger partial charge >= 0.3 is 0 Å². The lowest BCUT2D eigenvalue weighted by Crippen LogP contribution is -1.97. The maximum absolute atomic E-state index is 5.30. The molecule has 0 atom stereocenters. The Kier molecular flexibility index (Phi) is 1.53. The summed E-state index contributed by atoms with van der Waals surface area (Å²) in [5, 5.41) is 1.19. The van der Waals surface area contributed by atoms with Crippen molar-refractivity contribution in [1.82, 2.24) is 4.98 Å². The van der Waals surface area contributed by atoms with Crippen molar-refractivity contribution in [2.24, 2.45) is 0 Å². The van der Waals surface area contributed by atoms with Crippen LogP contribution in [0.1, 0.15) is 11.1 Å². The van der Waals surface area contributed by atoms with Gasteiger partial charge in [0.15, 0.2) is 0 Å². The van der Waals surface area contributed by atoms with Gasteiger partial charge in [-0.2, -0.15) is 0 Å². The van der Waals surface area contributed by atoms with Crippen molar-refractivity contribution in [1.29, 1.82) is 0 Å². The molecule has 0 aliphatic carbocycles. The molecule has 1 aromatic heterocycles. The Morgan fingerprint density at radius 3 is 3.21 bits per heavy atom. The average Bonchev–Trinajstić information content (AvgIpc) is 2.29. The monoisotopic (exact) mass is 183 g/mol. The normalized spacial score (nSPS) is 13.7. The summed E-state index contributed by atoms with van der Waals surface area (Å²) in [4.78, 5) is 4.31. The van der Waals surface area contributed by atoms with Crippen molar-refractivity contribution < 1.29 is 4.74 Å². The number of nitrogens with zero attached hydrogens (tertiary/aromatic N) is 1. The van der Waals surface area contributed by atoms with Crippen LogP contribution in [0, 0.1) is 0 Å². The molecule has 1 aliphatic rings. The van der Waals surface area contributed by atoms with Crippen LogP contribution in [-0.4, -0.2) is 4.98 Å². The Bertz CT molecular complexity index is 517. The summed E-state index contributed by atoms with van der Waals surface area (Å²) in [5.74, 6) is 0. The van der Waals surface area contributed by atoms with Crippen molar-refractivity contribution in [3.05, 3.63) is 47.9 Å². The number of hydrogen-bond donors (Lipinski definition) is 0. The fourth-order valence-corrected chi connectivity index (χ4v) is 1.80. The van der Waals surface area contributed by atoms with E-state index >= 15 is 0 Å². The number of fused-ring (bicyclic) bond motifs is 3. The van der Waals surface area contributed by atoms with Crippen LogP contribution in [0.25, 0.3) is 17.0 Å². The highest BCUT2D eigenvalue weighted by molar-refractivity contribution is 5.85. The first-order valence-electron chi connectivity index (χ1n) is 4.60. The standard InChI is InChI=1S/C12H9NO/c1-2-10-11-8-14-7-5-9(11)3-4-12(10)13-6-1/h1-7H,8H2. The zero-order valence-corrected chi connectivity index (χ0v) is 7.60. The maximum Gasteiger partial charge on any atom is 0.114 e. The molecule has 0 fully saturated rings. The van der Waals surface area contributed by atoms with Crippen LogP contribution < -0.4 is 0 Å². The highest BCUT2D eigenvalue weighted by Gasteiger charge is 2.08. The van der Waals surface area contributed by atoms with Crippen LogP contribution in [-0.2, 0) is 11.3 Å². The molecule has 1 aromatic carbocycles. The van der Waals surface area contributed by atoms with Gasteiger partial charge in [0.05, 0.1) is 11.8 Å². The smallest absolute Gasteiger partial charge is 0.114 e. The van der Waals surface area contributed by atoms with Gasteiger partial charge in [0.1, 0.15) is 6.61 Å². The summed E-state index contributed by atoms with van der Waals surface area (Å²) in [6.07, 6.45) is 5.55. The SMILES string of the molecule is C1=Cc2ccc3ncccc3c2CO1. The van der Waals surface area contributed by atoms with Crippen molar-refractivity contribution in [2.45, 2.75) is 6.61 Å². The molecule has 68 valence electrons. The molecule has 2 nitrogen and oxygen atoms in total. The molecule has 2 heterocycles. The highest BCUT2D eigenvalue weighted by atomic mass is 16.5. The van der Waals surface area contributed by atoms with Gasteiger partial charge in [-0.15, -0.1) is 0 Å². The molecule has 2 aromatic rings. The van der Waals surface area contributed by atoms with Gasteiger partial charge in [0.2, 0.25) is 0 Å². The van der Waals surface area contributed by atoms with Gasteiger partial charge in [-0.1, -0.05) is 12.1 Å². The first-order chi connectivity index (χ1) is 6.95. The number of rotatable bonds is 0. The Morgan fingerprint density at radius 2 is 2.21 bits per heavy atom. The van der Waals surface area contributed by atoms with E-state index in [1.165, 1.54) is 16.5 Å². The summed E-state index contributed by atoms with van der Waals surface area (Å²) in [6.45, 7) is 0.648. The quantitative estimate of drug-likeness (QED) is 0.626. The second-order valence-corrected chi connectivity index (χ2v) is 3.32. The van der Waals surface area contributed by atoms with Crippen LogP contribution in [0.4, 0.5) is 0 Å². The summed E-state index contributed by atoms with van der Waals surface area (Å²) >= 11 is 0. The number of ether oxygens (including phenoxy) is 1. The maximum atomic E-state index is 5.30. The van der Waals surface area contributed by atoms with Crippen molar-refractivity contribution in [3.63, 3.8) is 0 Å². The van der Waals surface area contributed by atoms with Crippen LogP contribution in [0.15, 0.2) is 36.7 Å². The van der Waals surface area contributed by atoms with Gasteiger partial charge in [0, 0.05) is 17.1 Å². The van der Waals surface area contributed by atoms with Gasteiger partial charge < -0.3 is 4.74 Å². The lowest BCUT2D eigenvalue weighted by Gasteiger charge is -2.13. The third kappa shape index (κ3) is 1.01. The molecule has 0 spiro atoms. The summed E-state index contributed by atoms with van der Waals surface area (Å²) in [7, 11) is 0. The lowest BCUT2D eigenvalue weighted by atomic mass is 10.0. The molecular weight excluding hydrogens is 174 g/mol. The zero-order chi connectivity index (χ0) is 9.38. The second kappa shape index (κ2) is 2.84. The number of hydrogen-bond acceptors (Lipinski definition) is 2. The van der Waals surface area contributed by atoms with E-state index in [4.69, 9.17) is 4.74 Å². The highest BCUT2D eigenvalue weighted by Crippen LogP contribution is 2.25. The summed E-state index contributed by atoms with van der Waals surface area (Å²) < 4.78 is 5.30. The molecule has 0 amide bonds. The first-order valence-corrected chi connectivity index (χ1v) is 4.60. The van der Waals surface area contributed by atoms with E-state index in [9.17, 15) is 0 Å². The molecule has 1 aliphatic heterocycles. The number of benzene rings is 1.